The number of nitrogens with zero attached hydrogens (tertiary/aromatic N) is 1. The number of carbonyl (C=O) groups excluding carboxylic acids is 2. The highest BCUT2D eigenvalue weighted by atomic mass is 19.1. The largest absolute Gasteiger partial charge is 0.357 e. The number of piperidine rings is 1. The van der Waals surface area contributed by atoms with Gasteiger partial charge < -0.3 is 15.2 Å². The maximum Gasteiger partial charge on any atom is 0.268 e. The predicted molar refractivity (Wildman–Crippen MR) is 83.1 cm³/mol. The molecule has 0 aliphatic carbocycles. The SMILES string of the molecule is O=C(N[C@H]1CCCN(Cc2ccc(F)cc2F)C1=O)c1ccc[nH]1. The van der Waals surface area contributed by atoms with Crippen molar-refractivity contribution < 1.29 is 18.4 Å². The van der Waals surface area contributed by atoms with Gasteiger partial charge in [-0.15, -0.1) is 0 Å². The normalized spacial score (nSPS) is 17.8. The number of H-pyrrole nitrogens is 1. The lowest BCUT2D eigenvalue weighted by Crippen LogP contribution is -2.52. The fourth-order valence-electron chi connectivity index (χ4n) is 2.79. The van der Waals surface area contributed by atoms with Crippen molar-refractivity contribution in [2.75, 3.05) is 6.54 Å². The van der Waals surface area contributed by atoms with Gasteiger partial charge in [0, 0.05) is 30.9 Å². The maximum atomic E-state index is 13.8. The zero-order valence-electron chi connectivity index (χ0n) is 12.9. The van der Waals surface area contributed by atoms with Gasteiger partial charge in [0.15, 0.2) is 0 Å². The Morgan fingerprint density at radius 2 is 2.17 bits per heavy atom. The molecule has 1 aliphatic heterocycles. The second kappa shape index (κ2) is 6.82. The number of hydrogen-bond donors (Lipinski definition) is 2. The van der Waals surface area contributed by atoms with Gasteiger partial charge >= 0.3 is 0 Å². The van der Waals surface area contributed by atoms with Crippen molar-refractivity contribution in [1.82, 2.24) is 15.2 Å². The summed E-state index contributed by atoms with van der Waals surface area (Å²) < 4.78 is 26.7. The molecule has 1 atom stereocenters. The Bertz CT molecular complexity index is 746. The predicted octanol–water partition coefficient (Wildman–Crippen LogP) is 2.21. The Labute approximate surface area is 137 Å². The van der Waals surface area contributed by atoms with Crippen LogP contribution in [0.15, 0.2) is 36.5 Å². The number of rotatable bonds is 4. The summed E-state index contributed by atoms with van der Waals surface area (Å²) in [5, 5.41) is 2.70. The minimum atomic E-state index is -0.680. The van der Waals surface area contributed by atoms with Gasteiger partial charge in [-0.3, -0.25) is 9.59 Å². The van der Waals surface area contributed by atoms with E-state index >= 15 is 0 Å². The van der Waals surface area contributed by atoms with Crippen LogP contribution in [-0.4, -0.2) is 34.3 Å². The molecule has 7 heteroatoms. The van der Waals surface area contributed by atoms with E-state index in [9.17, 15) is 18.4 Å². The average molecular weight is 333 g/mol. The summed E-state index contributed by atoms with van der Waals surface area (Å²) in [6, 6.07) is 5.97. The average Bonchev–Trinajstić information content (AvgIpc) is 3.08. The molecular formula is C17H17F2N3O2. The third kappa shape index (κ3) is 3.45. The van der Waals surface area contributed by atoms with E-state index in [1.807, 2.05) is 0 Å². The first-order chi connectivity index (χ1) is 11.5. The van der Waals surface area contributed by atoms with Crippen molar-refractivity contribution in [1.29, 1.82) is 0 Å². The lowest BCUT2D eigenvalue weighted by molar-refractivity contribution is -0.136. The fourth-order valence-corrected chi connectivity index (χ4v) is 2.79. The van der Waals surface area contributed by atoms with Crippen LogP contribution in [0, 0.1) is 11.6 Å². The maximum absolute atomic E-state index is 13.8. The minimum Gasteiger partial charge on any atom is -0.357 e. The molecule has 3 rings (SSSR count). The smallest absolute Gasteiger partial charge is 0.268 e. The molecule has 126 valence electrons. The second-order valence-corrected chi connectivity index (χ2v) is 5.75. The van der Waals surface area contributed by atoms with E-state index in [4.69, 9.17) is 0 Å². The quantitative estimate of drug-likeness (QED) is 0.901. The van der Waals surface area contributed by atoms with Crippen LogP contribution in [0.5, 0.6) is 0 Å². The first-order valence-electron chi connectivity index (χ1n) is 7.71. The highest BCUT2D eigenvalue weighted by Gasteiger charge is 2.30. The molecule has 0 radical (unpaired) electrons. The van der Waals surface area contributed by atoms with Gasteiger partial charge in [0.2, 0.25) is 5.91 Å². The summed E-state index contributed by atoms with van der Waals surface area (Å²) in [7, 11) is 0. The molecule has 1 fully saturated rings. The van der Waals surface area contributed by atoms with E-state index in [2.05, 4.69) is 10.3 Å². The summed E-state index contributed by atoms with van der Waals surface area (Å²) in [6.45, 7) is 0.532. The fraction of sp³-hybridized carbons (Fsp3) is 0.294. The van der Waals surface area contributed by atoms with E-state index in [0.717, 1.165) is 12.1 Å². The van der Waals surface area contributed by atoms with Gasteiger partial charge in [-0.2, -0.15) is 0 Å². The summed E-state index contributed by atoms with van der Waals surface area (Å²) in [5.41, 5.74) is 0.630. The second-order valence-electron chi connectivity index (χ2n) is 5.75. The van der Waals surface area contributed by atoms with Crippen molar-refractivity contribution in [2.45, 2.75) is 25.4 Å². The van der Waals surface area contributed by atoms with Crippen LogP contribution in [0.2, 0.25) is 0 Å². The van der Waals surface area contributed by atoms with E-state index in [1.165, 1.54) is 11.0 Å². The number of hydrogen-bond acceptors (Lipinski definition) is 2. The molecule has 1 aliphatic rings. The third-order valence-corrected chi connectivity index (χ3v) is 4.05. The number of amides is 2. The van der Waals surface area contributed by atoms with Crippen molar-refractivity contribution in [2.24, 2.45) is 0 Å². The van der Waals surface area contributed by atoms with Crippen LogP contribution >= 0.6 is 0 Å². The Hall–Kier alpha value is -2.70. The molecule has 2 heterocycles. The zero-order chi connectivity index (χ0) is 17.1. The van der Waals surface area contributed by atoms with Crippen LogP contribution in [0.3, 0.4) is 0 Å². The number of nitrogens with one attached hydrogen (secondary N) is 2. The van der Waals surface area contributed by atoms with Crippen LogP contribution in [0.25, 0.3) is 0 Å². The summed E-state index contributed by atoms with van der Waals surface area (Å²) >= 11 is 0. The Balaban J connectivity index is 1.67. The van der Waals surface area contributed by atoms with Crippen molar-refractivity contribution >= 4 is 11.8 Å². The van der Waals surface area contributed by atoms with E-state index < -0.39 is 17.7 Å². The van der Waals surface area contributed by atoms with Gasteiger partial charge in [0.25, 0.3) is 5.91 Å². The van der Waals surface area contributed by atoms with Gasteiger partial charge in [0.05, 0.1) is 0 Å². The summed E-state index contributed by atoms with van der Waals surface area (Å²) in [4.78, 5) is 28.8. The van der Waals surface area contributed by atoms with Crippen molar-refractivity contribution in [3.05, 3.63) is 59.4 Å². The van der Waals surface area contributed by atoms with E-state index in [0.29, 0.717) is 25.1 Å². The Kier molecular flexibility index (Phi) is 4.59. The molecule has 5 nitrogen and oxygen atoms in total. The number of aromatic nitrogens is 1. The molecule has 0 spiro atoms. The molecule has 0 unspecified atom stereocenters. The lowest BCUT2D eigenvalue weighted by Gasteiger charge is -2.32. The molecule has 1 aromatic carbocycles. The van der Waals surface area contributed by atoms with Crippen LogP contribution < -0.4 is 5.32 Å². The molecule has 1 aromatic heterocycles. The van der Waals surface area contributed by atoms with Gasteiger partial charge in [-0.05, 0) is 31.0 Å². The molecular weight excluding hydrogens is 316 g/mol. The Morgan fingerprint density at radius 1 is 1.33 bits per heavy atom. The Morgan fingerprint density at radius 3 is 2.88 bits per heavy atom. The minimum absolute atomic E-state index is 0.0554. The third-order valence-electron chi connectivity index (χ3n) is 4.05. The monoisotopic (exact) mass is 333 g/mol. The van der Waals surface area contributed by atoms with E-state index in [-0.39, 0.29) is 23.9 Å². The first-order valence-corrected chi connectivity index (χ1v) is 7.71. The molecule has 0 saturated carbocycles. The van der Waals surface area contributed by atoms with Gasteiger partial charge in [0.1, 0.15) is 23.4 Å². The molecule has 24 heavy (non-hydrogen) atoms. The van der Waals surface area contributed by atoms with Gasteiger partial charge in [-0.25, -0.2) is 8.78 Å². The van der Waals surface area contributed by atoms with Crippen LogP contribution in [0.4, 0.5) is 8.78 Å². The molecule has 2 amide bonds. The van der Waals surface area contributed by atoms with Gasteiger partial charge in [-0.1, -0.05) is 6.07 Å². The summed E-state index contributed by atoms with van der Waals surface area (Å²) in [5.74, 6) is -1.95. The topological polar surface area (TPSA) is 65.2 Å². The summed E-state index contributed by atoms with van der Waals surface area (Å²) in [6.07, 6.45) is 2.86. The number of carbonyl (C=O) groups is 2. The van der Waals surface area contributed by atoms with Crippen molar-refractivity contribution in [3.63, 3.8) is 0 Å². The van der Waals surface area contributed by atoms with Crippen LogP contribution in [0.1, 0.15) is 28.9 Å². The highest BCUT2D eigenvalue weighted by Crippen LogP contribution is 2.18. The highest BCUT2D eigenvalue weighted by molar-refractivity contribution is 5.96. The number of aromatic amines is 1. The molecule has 0 bridgehead atoms. The molecule has 1 saturated heterocycles. The zero-order valence-corrected chi connectivity index (χ0v) is 12.9. The molecule has 2 aromatic rings. The van der Waals surface area contributed by atoms with Crippen LogP contribution in [-0.2, 0) is 11.3 Å². The van der Waals surface area contributed by atoms with Crippen molar-refractivity contribution in [3.8, 4) is 0 Å². The first kappa shape index (κ1) is 16.2. The molecule has 2 N–H and O–H groups in total. The number of likely N-dealkylation sites (tertiary alicyclic amines) is 1. The lowest BCUT2D eigenvalue weighted by atomic mass is 10.0. The standard InChI is InChI=1S/C17H17F2N3O2/c18-12-6-5-11(13(19)9-12)10-22-8-2-4-15(17(22)24)21-16(23)14-3-1-7-20-14/h1,3,5-7,9,15,20H,2,4,8,10H2,(H,21,23)/t15-/m0/s1. The number of halogens is 2. The van der Waals surface area contributed by atoms with E-state index in [1.54, 1.807) is 18.3 Å². The number of benzene rings is 1.